The smallest absolute Gasteiger partial charge is 0.143 e. The minimum atomic E-state index is 0.489. The number of hydrogen-bond acceptors (Lipinski definition) is 3. The summed E-state index contributed by atoms with van der Waals surface area (Å²) in [6.07, 6.45) is 4.03. The molecule has 3 N–H and O–H groups in total. The van der Waals surface area contributed by atoms with Crippen LogP contribution in [0.2, 0.25) is 0 Å². The predicted octanol–water partition coefficient (Wildman–Crippen LogP) is 2.88. The van der Waals surface area contributed by atoms with Crippen molar-refractivity contribution in [2.45, 2.75) is 32.2 Å². The summed E-state index contributed by atoms with van der Waals surface area (Å²) in [7, 11) is 1.64. The van der Waals surface area contributed by atoms with E-state index in [9.17, 15) is 0 Å². The first kappa shape index (κ1) is 11.1. The molecule has 1 aliphatic carbocycles. The minimum Gasteiger partial charge on any atom is -0.495 e. The minimum absolute atomic E-state index is 0.489. The van der Waals surface area contributed by atoms with Gasteiger partial charge in [-0.3, -0.25) is 0 Å². The van der Waals surface area contributed by atoms with E-state index < -0.39 is 0 Å². The molecular formula is C13H20N2O. The molecule has 1 aromatic rings. The Morgan fingerprint density at radius 1 is 1.44 bits per heavy atom. The van der Waals surface area contributed by atoms with E-state index in [1.165, 1.54) is 19.3 Å². The SMILES string of the molecule is COc1cccc(NC(C)C2CCC2)c1N. The largest absolute Gasteiger partial charge is 0.495 e. The number of nitrogen functional groups attached to an aromatic ring is 1. The summed E-state index contributed by atoms with van der Waals surface area (Å²) in [6, 6.07) is 6.34. The van der Waals surface area contributed by atoms with Crippen LogP contribution in [0.5, 0.6) is 5.75 Å². The summed E-state index contributed by atoms with van der Waals surface area (Å²) in [5, 5.41) is 3.48. The van der Waals surface area contributed by atoms with Gasteiger partial charge in [0.05, 0.1) is 18.5 Å². The number of anilines is 2. The third-order valence-corrected chi connectivity index (χ3v) is 3.53. The summed E-state index contributed by atoms with van der Waals surface area (Å²) < 4.78 is 5.20. The molecule has 0 saturated heterocycles. The number of para-hydroxylation sites is 1. The zero-order valence-electron chi connectivity index (χ0n) is 9.99. The van der Waals surface area contributed by atoms with Gasteiger partial charge in [0.15, 0.2) is 0 Å². The Morgan fingerprint density at radius 2 is 2.19 bits per heavy atom. The van der Waals surface area contributed by atoms with Gasteiger partial charge in [0.1, 0.15) is 5.75 Å². The normalized spacial score (nSPS) is 17.6. The van der Waals surface area contributed by atoms with Crippen LogP contribution in [0.3, 0.4) is 0 Å². The molecule has 1 aromatic carbocycles. The maximum Gasteiger partial charge on any atom is 0.143 e. The second kappa shape index (κ2) is 4.64. The molecule has 0 heterocycles. The average Bonchev–Trinajstić information content (AvgIpc) is 2.18. The molecule has 2 rings (SSSR count). The number of methoxy groups -OCH3 is 1. The Labute approximate surface area is 97.0 Å². The van der Waals surface area contributed by atoms with Crippen molar-refractivity contribution in [3.63, 3.8) is 0 Å². The maximum atomic E-state index is 6.01. The molecule has 88 valence electrons. The van der Waals surface area contributed by atoms with E-state index in [2.05, 4.69) is 12.2 Å². The fraction of sp³-hybridized carbons (Fsp3) is 0.538. The van der Waals surface area contributed by atoms with Crippen molar-refractivity contribution in [3.05, 3.63) is 18.2 Å². The van der Waals surface area contributed by atoms with Gasteiger partial charge in [-0.2, -0.15) is 0 Å². The molecular weight excluding hydrogens is 200 g/mol. The number of benzene rings is 1. The van der Waals surface area contributed by atoms with Crippen molar-refractivity contribution in [1.82, 2.24) is 0 Å². The topological polar surface area (TPSA) is 47.3 Å². The van der Waals surface area contributed by atoms with E-state index in [0.717, 1.165) is 17.4 Å². The first-order chi connectivity index (χ1) is 7.72. The number of nitrogens with one attached hydrogen (secondary N) is 1. The van der Waals surface area contributed by atoms with Crippen LogP contribution in [0.4, 0.5) is 11.4 Å². The molecule has 1 fully saturated rings. The van der Waals surface area contributed by atoms with Crippen LogP contribution in [0.15, 0.2) is 18.2 Å². The van der Waals surface area contributed by atoms with Crippen LogP contribution >= 0.6 is 0 Å². The van der Waals surface area contributed by atoms with Crippen molar-refractivity contribution in [2.75, 3.05) is 18.2 Å². The number of ether oxygens (including phenoxy) is 1. The lowest BCUT2D eigenvalue weighted by Crippen LogP contribution is -2.31. The van der Waals surface area contributed by atoms with E-state index in [1.54, 1.807) is 7.11 Å². The Morgan fingerprint density at radius 3 is 2.75 bits per heavy atom. The molecule has 0 amide bonds. The summed E-state index contributed by atoms with van der Waals surface area (Å²) in [6.45, 7) is 2.22. The number of nitrogens with two attached hydrogens (primary N) is 1. The highest BCUT2D eigenvalue weighted by atomic mass is 16.5. The fourth-order valence-electron chi connectivity index (χ4n) is 2.15. The van der Waals surface area contributed by atoms with Gasteiger partial charge in [-0.05, 0) is 37.8 Å². The van der Waals surface area contributed by atoms with Gasteiger partial charge in [-0.1, -0.05) is 12.5 Å². The number of rotatable bonds is 4. The Balaban J connectivity index is 2.08. The van der Waals surface area contributed by atoms with Crippen LogP contribution in [0.25, 0.3) is 0 Å². The van der Waals surface area contributed by atoms with Gasteiger partial charge in [0.2, 0.25) is 0 Å². The van der Waals surface area contributed by atoms with E-state index in [0.29, 0.717) is 11.7 Å². The van der Waals surface area contributed by atoms with E-state index in [-0.39, 0.29) is 0 Å². The van der Waals surface area contributed by atoms with Crippen molar-refractivity contribution < 1.29 is 4.74 Å². The Bertz CT molecular complexity index is 361. The molecule has 3 heteroatoms. The molecule has 0 radical (unpaired) electrons. The zero-order valence-corrected chi connectivity index (χ0v) is 9.99. The molecule has 16 heavy (non-hydrogen) atoms. The molecule has 1 saturated carbocycles. The highest BCUT2D eigenvalue weighted by Gasteiger charge is 2.24. The van der Waals surface area contributed by atoms with Crippen LogP contribution in [-0.2, 0) is 0 Å². The van der Waals surface area contributed by atoms with Crippen LogP contribution in [0, 0.1) is 5.92 Å². The van der Waals surface area contributed by atoms with Gasteiger partial charge in [0, 0.05) is 6.04 Å². The highest BCUT2D eigenvalue weighted by molar-refractivity contribution is 5.73. The predicted molar refractivity (Wildman–Crippen MR) is 67.8 cm³/mol. The second-order valence-electron chi connectivity index (χ2n) is 4.55. The monoisotopic (exact) mass is 220 g/mol. The first-order valence-corrected chi connectivity index (χ1v) is 5.91. The molecule has 1 aliphatic rings. The standard InChI is InChI=1S/C13H20N2O/c1-9(10-5-3-6-10)15-11-7-4-8-12(16-2)13(11)14/h4,7-10,15H,3,5-6,14H2,1-2H3. The first-order valence-electron chi connectivity index (χ1n) is 5.91. The number of hydrogen-bond donors (Lipinski definition) is 2. The zero-order chi connectivity index (χ0) is 11.5. The van der Waals surface area contributed by atoms with Gasteiger partial charge in [-0.25, -0.2) is 0 Å². The Kier molecular flexibility index (Phi) is 3.22. The van der Waals surface area contributed by atoms with Crippen molar-refractivity contribution in [2.24, 2.45) is 5.92 Å². The summed E-state index contributed by atoms with van der Waals surface area (Å²) in [5.74, 6) is 1.54. The molecule has 1 unspecified atom stereocenters. The van der Waals surface area contributed by atoms with Gasteiger partial charge in [-0.15, -0.1) is 0 Å². The lowest BCUT2D eigenvalue weighted by molar-refractivity contribution is 0.285. The molecule has 0 aromatic heterocycles. The Hall–Kier alpha value is -1.38. The van der Waals surface area contributed by atoms with Gasteiger partial charge >= 0.3 is 0 Å². The third kappa shape index (κ3) is 2.08. The van der Waals surface area contributed by atoms with Crippen LogP contribution in [0.1, 0.15) is 26.2 Å². The quantitative estimate of drug-likeness (QED) is 0.767. The maximum absolute atomic E-state index is 6.01. The van der Waals surface area contributed by atoms with Crippen molar-refractivity contribution >= 4 is 11.4 Å². The molecule has 0 bridgehead atoms. The van der Waals surface area contributed by atoms with Crippen molar-refractivity contribution in [3.8, 4) is 5.75 Å². The molecule has 1 atom stereocenters. The molecule has 0 spiro atoms. The summed E-state index contributed by atoms with van der Waals surface area (Å²) >= 11 is 0. The summed E-state index contributed by atoms with van der Waals surface area (Å²) in [4.78, 5) is 0. The fourth-order valence-corrected chi connectivity index (χ4v) is 2.15. The highest BCUT2D eigenvalue weighted by Crippen LogP contribution is 2.34. The lowest BCUT2D eigenvalue weighted by atomic mass is 9.80. The second-order valence-corrected chi connectivity index (χ2v) is 4.55. The van der Waals surface area contributed by atoms with Crippen LogP contribution in [-0.4, -0.2) is 13.2 Å². The lowest BCUT2D eigenvalue weighted by Gasteiger charge is -2.32. The summed E-state index contributed by atoms with van der Waals surface area (Å²) in [5.41, 5.74) is 7.70. The molecule has 3 nitrogen and oxygen atoms in total. The average molecular weight is 220 g/mol. The van der Waals surface area contributed by atoms with E-state index in [1.807, 2.05) is 18.2 Å². The van der Waals surface area contributed by atoms with E-state index in [4.69, 9.17) is 10.5 Å². The van der Waals surface area contributed by atoms with Gasteiger partial charge < -0.3 is 15.8 Å². The van der Waals surface area contributed by atoms with Crippen LogP contribution < -0.4 is 15.8 Å². The molecule has 0 aliphatic heterocycles. The van der Waals surface area contributed by atoms with Crippen molar-refractivity contribution in [1.29, 1.82) is 0 Å². The van der Waals surface area contributed by atoms with E-state index >= 15 is 0 Å². The van der Waals surface area contributed by atoms with Gasteiger partial charge in [0.25, 0.3) is 0 Å². The third-order valence-electron chi connectivity index (χ3n) is 3.53.